The smallest absolute Gasteiger partial charge is 0.349 e. The summed E-state index contributed by atoms with van der Waals surface area (Å²) in [5.74, 6) is -1.26. The van der Waals surface area contributed by atoms with Crippen LogP contribution in [-0.2, 0) is 14.3 Å². The van der Waals surface area contributed by atoms with Gasteiger partial charge in [0.2, 0.25) is 0 Å². The van der Waals surface area contributed by atoms with Crippen LogP contribution in [0.1, 0.15) is 24.1 Å². The highest BCUT2D eigenvalue weighted by molar-refractivity contribution is 5.98. The van der Waals surface area contributed by atoms with Crippen LogP contribution < -0.4 is 10.2 Å². The molecular formula is C22H23N3O3. The number of benzene rings is 2. The molecular weight excluding hydrogens is 354 g/mol. The molecule has 2 rings (SSSR count). The molecule has 0 spiro atoms. The van der Waals surface area contributed by atoms with Gasteiger partial charge in [-0.1, -0.05) is 42.5 Å². The van der Waals surface area contributed by atoms with E-state index in [2.05, 4.69) is 5.32 Å². The molecule has 1 amide bonds. The highest BCUT2D eigenvalue weighted by atomic mass is 16.5. The predicted octanol–water partition coefficient (Wildman–Crippen LogP) is 3.08. The predicted molar refractivity (Wildman–Crippen MR) is 108 cm³/mol. The van der Waals surface area contributed by atoms with Gasteiger partial charge in [-0.3, -0.25) is 4.79 Å². The fourth-order valence-electron chi connectivity index (χ4n) is 2.49. The molecule has 0 heterocycles. The van der Waals surface area contributed by atoms with Gasteiger partial charge in [0.25, 0.3) is 5.91 Å². The van der Waals surface area contributed by atoms with Crippen LogP contribution in [0.3, 0.4) is 0 Å². The maximum Gasteiger partial charge on any atom is 0.349 e. The molecule has 2 aromatic carbocycles. The minimum Gasteiger partial charge on any atom is -0.451 e. The van der Waals surface area contributed by atoms with E-state index in [1.165, 1.54) is 6.08 Å². The van der Waals surface area contributed by atoms with Gasteiger partial charge in [-0.05, 0) is 36.3 Å². The van der Waals surface area contributed by atoms with E-state index in [1.54, 1.807) is 12.1 Å². The van der Waals surface area contributed by atoms with E-state index >= 15 is 0 Å². The summed E-state index contributed by atoms with van der Waals surface area (Å²) in [4.78, 5) is 26.1. The van der Waals surface area contributed by atoms with Gasteiger partial charge in [0, 0.05) is 19.8 Å². The number of nitrogens with one attached hydrogen (secondary N) is 1. The van der Waals surface area contributed by atoms with Gasteiger partial charge in [-0.2, -0.15) is 5.26 Å². The van der Waals surface area contributed by atoms with Gasteiger partial charge >= 0.3 is 5.97 Å². The normalized spacial score (nSPS) is 11.9. The summed E-state index contributed by atoms with van der Waals surface area (Å²) in [6.45, 7) is 1.39. The van der Waals surface area contributed by atoms with Crippen molar-refractivity contribution in [3.63, 3.8) is 0 Å². The second-order valence-corrected chi connectivity index (χ2v) is 6.43. The summed E-state index contributed by atoms with van der Waals surface area (Å²) in [6, 6.07) is 18.4. The molecule has 28 heavy (non-hydrogen) atoms. The number of nitrogens with zero attached hydrogens (tertiary/aromatic N) is 2. The number of rotatable bonds is 7. The topological polar surface area (TPSA) is 82.4 Å². The van der Waals surface area contributed by atoms with Crippen LogP contribution in [0.2, 0.25) is 0 Å². The first kappa shape index (κ1) is 20.7. The van der Waals surface area contributed by atoms with Crippen LogP contribution >= 0.6 is 0 Å². The number of carbonyl (C=O) groups excluding carboxylic acids is 2. The Morgan fingerprint density at radius 1 is 1.14 bits per heavy atom. The molecule has 0 unspecified atom stereocenters. The van der Waals surface area contributed by atoms with Gasteiger partial charge in [-0.15, -0.1) is 0 Å². The Bertz CT molecular complexity index is 881. The molecule has 0 radical (unpaired) electrons. The first-order valence-electron chi connectivity index (χ1n) is 8.81. The average molecular weight is 377 g/mol. The van der Waals surface area contributed by atoms with Gasteiger partial charge in [0.1, 0.15) is 11.6 Å². The van der Waals surface area contributed by atoms with Gasteiger partial charge in [0.15, 0.2) is 6.61 Å². The van der Waals surface area contributed by atoms with E-state index in [1.807, 2.05) is 74.5 Å². The van der Waals surface area contributed by atoms with E-state index in [-0.39, 0.29) is 11.6 Å². The summed E-state index contributed by atoms with van der Waals surface area (Å²) >= 11 is 0. The number of carbonyl (C=O) groups is 2. The third-order valence-corrected chi connectivity index (χ3v) is 4.07. The largest absolute Gasteiger partial charge is 0.451 e. The van der Waals surface area contributed by atoms with Gasteiger partial charge in [-0.25, -0.2) is 4.79 Å². The Labute approximate surface area is 165 Å². The van der Waals surface area contributed by atoms with Crippen molar-refractivity contribution in [1.29, 1.82) is 5.26 Å². The highest BCUT2D eigenvalue weighted by Gasteiger charge is 2.15. The molecule has 0 aromatic heterocycles. The Hall–Kier alpha value is -3.59. The summed E-state index contributed by atoms with van der Waals surface area (Å²) in [7, 11) is 3.85. The maximum absolute atomic E-state index is 12.1. The van der Waals surface area contributed by atoms with Crippen molar-refractivity contribution in [3.05, 3.63) is 71.3 Å². The second kappa shape index (κ2) is 9.93. The van der Waals surface area contributed by atoms with E-state index in [4.69, 9.17) is 4.74 Å². The fourth-order valence-corrected chi connectivity index (χ4v) is 2.49. The summed E-state index contributed by atoms with van der Waals surface area (Å²) in [5.41, 5.74) is 2.48. The standard InChI is InChI=1S/C22H23N3O3/c1-16(18-7-5-4-6-8-18)24-21(26)15-28-22(27)19(14-23)13-17-9-11-20(12-10-17)25(2)3/h4-13,16H,15H2,1-3H3,(H,24,26)/b19-13+/t16-/m1/s1. The van der Waals surface area contributed by atoms with Crippen molar-refractivity contribution in [1.82, 2.24) is 5.32 Å². The number of esters is 1. The Morgan fingerprint density at radius 3 is 2.36 bits per heavy atom. The van der Waals surface area contributed by atoms with Crippen molar-refractivity contribution >= 4 is 23.6 Å². The number of nitriles is 1. The molecule has 0 bridgehead atoms. The number of hydrogen-bond donors (Lipinski definition) is 1. The van der Waals surface area contributed by atoms with Crippen LogP contribution in [0, 0.1) is 11.3 Å². The Kier molecular flexibility index (Phi) is 7.35. The number of ether oxygens (including phenoxy) is 1. The third-order valence-electron chi connectivity index (χ3n) is 4.07. The zero-order chi connectivity index (χ0) is 20.5. The van der Waals surface area contributed by atoms with Crippen molar-refractivity contribution in [3.8, 4) is 6.07 Å². The molecule has 1 atom stereocenters. The maximum atomic E-state index is 12.1. The van der Waals surface area contributed by atoms with Crippen LogP contribution in [-0.4, -0.2) is 32.6 Å². The van der Waals surface area contributed by atoms with Crippen molar-refractivity contribution in [2.75, 3.05) is 25.6 Å². The lowest BCUT2D eigenvalue weighted by Crippen LogP contribution is -2.31. The Balaban J connectivity index is 1.92. The van der Waals surface area contributed by atoms with E-state index in [0.29, 0.717) is 5.56 Å². The van der Waals surface area contributed by atoms with E-state index < -0.39 is 18.5 Å². The molecule has 144 valence electrons. The molecule has 6 nitrogen and oxygen atoms in total. The molecule has 0 saturated carbocycles. The minimum atomic E-state index is -0.832. The average Bonchev–Trinajstić information content (AvgIpc) is 2.71. The quantitative estimate of drug-likeness (QED) is 0.455. The zero-order valence-corrected chi connectivity index (χ0v) is 16.2. The fraction of sp³-hybridized carbons (Fsp3) is 0.227. The number of hydrogen-bond acceptors (Lipinski definition) is 5. The lowest BCUT2D eigenvalue weighted by molar-refractivity contribution is -0.144. The first-order chi connectivity index (χ1) is 13.4. The molecule has 0 fully saturated rings. The van der Waals surface area contributed by atoms with E-state index in [9.17, 15) is 14.9 Å². The van der Waals surface area contributed by atoms with Gasteiger partial charge < -0.3 is 15.0 Å². The van der Waals surface area contributed by atoms with Crippen molar-refractivity contribution < 1.29 is 14.3 Å². The summed E-state index contributed by atoms with van der Waals surface area (Å²) in [6.07, 6.45) is 1.44. The van der Waals surface area contributed by atoms with E-state index in [0.717, 1.165) is 11.3 Å². The molecule has 0 aliphatic heterocycles. The van der Waals surface area contributed by atoms with Crippen LogP contribution in [0.25, 0.3) is 6.08 Å². The monoisotopic (exact) mass is 377 g/mol. The molecule has 0 aliphatic rings. The molecule has 2 aromatic rings. The zero-order valence-electron chi connectivity index (χ0n) is 16.2. The first-order valence-corrected chi connectivity index (χ1v) is 8.81. The SMILES string of the molecule is C[C@@H](NC(=O)COC(=O)/C(C#N)=C/c1ccc(N(C)C)cc1)c1ccccc1. The lowest BCUT2D eigenvalue weighted by atomic mass is 10.1. The minimum absolute atomic E-state index is 0.165. The molecule has 0 aliphatic carbocycles. The lowest BCUT2D eigenvalue weighted by Gasteiger charge is -2.14. The second-order valence-electron chi connectivity index (χ2n) is 6.43. The van der Waals surface area contributed by atoms with Crippen LogP contribution in [0.5, 0.6) is 0 Å². The van der Waals surface area contributed by atoms with Crippen LogP contribution in [0.15, 0.2) is 60.2 Å². The number of amides is 1. The molecule has 0 saturated heterocycles. The molecule has 1 N–H and O–H groups in total. The number of anilines is 1. The summed E-state index contributed by atoms with van der Waals surface area (Å²) in [5, 5.41) is 12.0. The Morgan fingerprint density at radius 2 is 1.79 bits per heavy atom. The van der Waals surface area contributed by atoms with Crippen LogP contribution in [0.4, 0.5) is 5.69 Å². The summed E-state index contributed by atoms with van der Waals surface area (Å²) < 4.78 is 4.98. The van der Waals surface area contributed by atoms with Crippen molar-refractivity contribution in [2.24, 2.45) is 0 Å². The van der Waals surface area contributed by atoms with Crippen molar-refractivity contribution in [2.45, 2.75) is 13.0 Å². The highest BCUT2D eigenvalue weighted by Crippen LogP contribution is 2.15. The van der Waals surface area contributed by atoms with Gasteiger partial charge in [0.05, 0.1) is 6.04 Å². The third kappa shape index (κ3) is 5.99. The molecule has 6 heteroatoms.